The number of nitrogens with zero attached hydrogens (tertiary/aromatic N) is 2. The highest BCUT2D eigenvalue weighted by molar-refractivity contribution is 7.89. The summed E-state index contributed by atoms with van der Waals surface area (Å²) in [4.78, 5) is 12.5. The molecule has 2 bridgehead atoms. The number of fused-ring (bicyclic) bond motifs is 2. The van der Waals surface area contributed by atoms with Gasteiger partial charge in [-0.3, -0.25) is 4.79 Å². The van der Waals surface area contributed by atoms with Crippen LogP contribution < -0.4 is 10.6 Å². The Bertz CT molecular complexity index is 775. The van der Waals surface area contributed by atoms with Gasteiger partial charge in [0.2, 0.25) is 10.0 Å². The lowest BCUT2D eigenvalue weighted by Crippen LogP contribution is -2.53. The van der Waals surface area contributed by atoms with Crippen molar-refractivity contribution in [1.82, 2.24) is 20.1 Å². The van der Waals surface area contributed by atoms with E-state index < -0.39 is 10.0 Å². The molecule has 2 saturated heterocycles. The molecule has 4 rings (SSSR count). The Morgan fingerprint density at radius 2 is 1.96 bits per heavy atom. The first-order chi connectivity index (χ1) is 13.0. The van der Waals surface area contributed by atoms with Gasteiger partial charge in [-0.1, -0.05) is 5.16 Å². The van der Waals surface area contributed by atoms with Gasteiger partial charge in [-0.15, -0.1) is 0 Å². The normalized spacial score (nSPS) is 28.4. The van der Waals surface area contributed by atoms with Crippen LogP contribution in [-0.4, -0.2) is 61.3 Å². The first-order valence-electron chi connectivity index (χ1n) is 9.91. The second kappa shape index (κ2) is 7.52. The summed E-state index contributed by atoms with van der Waals surface area (Å²) < 4.78 is 32.5. The zero-order valence-electron chi connectivity index (χ0n) is 15.7. The zero-order valence-corrected chi connectivity index (χ0v) is 16.5. The van der Waals surface area contributed by atoms with E-state index in [-0.39, 0.29) is 29.8 Å². The molecular weight excluding hydrogens is 368 g/mol. The van der Waals surface area contributed by atoms with Crippen LogP contribution in [0.1, 0.15) is 67.1 Å². The van der Waals surface area contributed by atoms with E-state index >= 15 is 0 Å². The van der Waals surface area contributed by atoms with Gasteiger partial charge in [-0.25, -0.2) is 8.42 Å². The minimum Gasteiger partial charge on any atom is -0.360 e. The number of piperidine rings is 1. The fraction of sp³-hybridized carbons (Fsp3) is 0.778. The third-order valence-corrected chi connectivity index (χ3v) is 7.94. The summed E-state index contributed by atoms with van der Waals surface area (Å²) in [5.74, 6) is 1.18. The summed E-state index contributed by atoms with van der Waals surface area (Å²) in [6.45, 7) is 0.696. The molecule has 3 aliphatic rings. The lowest BCUT2D eigenvalue weighted by Gasteiger charge is -2.38. The van der Waals surface area contributed by atoms with Gasteiger partial charge in [0.25, 0.3) is 5.91 Å². The smallest absolute Gasteiger partial charge is 0.273 e. The van der Waals surface area contributed by atoms with E-state index in [0.717, 1.165) is 31.4 Å². The average molecular weight is 397 g/mol. The van der Waals surface area contributed by atoms with Gasteiger partial charge in [-0.05, 0) is 58.5 Å². The van der Waals surface area contributed by atoms with Crippen molar-refractivity contribution in [3.05, 3.63) is 17.5 Å². The molecule has 8 nitrogen and oxygen atoms in total. The Morgan fingerprint density at radius 1 is 1.26 bits per heavy atom. The third-order valence-electron chi connectivity index (χ3n) is 5.89. The van der Waals surface area contributed by atoms with Crippen LogP contribution in [0.2, 0.25) is 0 Å². The van der Waals surface area contributed by atoms with Crippen LogP contribution >= 0.6 is 0 Å². The largest absolute Gasteiger partial charge is 0.360 e. The minimum atomic E-state index is -3.24. The molecule has 9 heteroatoms. The zero-order chi connectivity index (χ0) is 19.0. The lowest BCUT2D eigenvalue weighted by atomic mass is 9.99. The van der Waals surface area contributed by atoms with Crippen molar-refractivity contribution >= 4 is 15.9 Å². The van der Waals surface area contributed by atoms with Gasteiger partial charge in [-0.2, -0.15) is 4.31 Å². The van der Waals surface area contributed by atoms with Crippen molar-refractivity contribution in [3.63, 3.8) is 0 Å². The van der Waals surface area contributed by atoms with Crippen LogP contribution in [0, 0.1) is 0 Å². The summed E-state index contributed by atoms with van der Waals surface area (Å²) in [5, 5.41) is 9.93. The van der Waals surface area contributed by atoms with Crippen LogP contribution in [0.5, 0.6) is 0 Å². The Morgan fingerprint density at radius 3 is 2.59 bits per heavy atom. The minimum absolute atomic E-state index is 0.00651. The maximum Gasteiger partial charge on any atom is 0.273 e. The molecular formula is C18H28N4O4S. The van der Waals surface area contributed by atoms with Gasteiger partial charge in [0.15, 0.2) is 5.69 Å². The molecule has 3 heterocycles. The number of aromatic nitrogens is 1. The maximum absolute atomic E-state index is 12.7. The molecule has 0 aromatic carbocycles. The molecule has 3 fully saturated rings. The molecule has 2 aliphatic heterocycles. The van der Waals surface area contributed by atoms with Gasteiger partial charge in [0.05, 0.1) is 5.75 Å². The standard InChI is InChI=1S/C18H28N4O4S/c1-19-7-2-8-27(24,25)22-14-5-6-15(22)10-13(9-14)20-18(23)16-11-17(26-21-16)12-3-4-12/h11-15,19H,2-10H2,1H3,(H,20,23)/t13?,14-,15+. The van der Waals surface area contributed by atoms with Crippen LogP contribution in [0.3, 0.4) is 0 Å². The first kappa shape index (κ1) is 18.9. The highest BCUT2D eigenvalue weighted by Gasteiger charge is 2.46. The topological polar surface area (TPSA) is 105 Å². The summed E-state index contributed by atoms with van der Waals surface area (Å²) in [6.07, 6.45) is 5.89. The number of hydrogen-bond acceptors (Lipinski definition) is 6. The quantitative estimate of drug-likeness (QED) is 0.640. The van der Waals surface area contributed by atoms with E-state index in [1.807, 2.05) is 7.05 Å². The first-order valence-corrected chi connectivity index (χ1v) is 11.5. The van der Waals surface area contributed by atoms with Crippen molar-refractivity contribution in [3.8, 4) is 0 Å². The van der Waals surface area contributed by atoms with Gasteiger partial charge >= 0.3 is 0 Å². The fourth-order valence-electron chi connectivity index (χ4n) is 4.46. The molecule has 150 valence electrons. The molecule has 1 aliphatic carbocycles. The number of carbonyl (C=O) groups excluding carboxylic acids is 1. The summed E-state index contributed by atoms with van der Waals surface area (Å²) >= 11 is 0. The number of carbonyl (C=O) groups is 1. The highest BCUT2D eigenvalue weighted by Crippen LogP contribution is 2.40. The van der Waals surface area contributed by atoms with E-state index in [2.05, 4.69) is 15.8 Å². The van der Waals surface area contributed by atoms with Crippen molar-refractivity contribution in [2.24, 2.45) is 0 Å². The average Bonchev–Trinajstić information content (AvgIpc) is 3.28. The lowest BCUT2D eigenvalue weighted by molar-refractivity contribution is 0.0900. The number of hydrogen-bond donors (Lipinski definition) is 2. The number of nitrogens with one attached hydrogen (secondary N) is 2. The second-order valence-electron chi connectivity index (χ2n) is 8.02. The van der Waals surface area contributed by atoms with Crippen LogP contribution in [-0.2, 0) is 10.0 Å². The SMILES string of the molecule is CNCCCS(=O)(=O)N1[C@@H]2CC[C@H]1CC(NC(=O)c1cc(C3CC3)on1)C2. The van der Waals surface area contributed by atoms with E-state index in [9.17, 15) is 13.2 Å². The molecule has 27 heavy (non-hydrogen) atoms. The Kier molecular flexibility index (Phi) is 5.26. The molecule has 0 radical (unpaired) electrons. The van der Waals surface area contributed by atoms with Crippen molar-refractivity contribution in [1.29, 1.82) is 0 Å². The Hall–Kier alpha value is -1.45. The molecule has 2 N–H and O–H groups in total. The molecule has 0 spiro atoms. The summed E-state index contributed by atoms with van der Waals surface area (Å²) in [5.41, 5.74) is 0.325. The summed E-state index contributed by atoms with van der Waals surface area (Å²) in [7, 11) is -1.42. The van der Waals surface area contributed by atoms with Crippen molar-refractivity contribution < 1.29 is 17.7 Å². The second-order valence-corrected chi connectivity index (χ2v) is 10.0. The molecule has 1 unspecified atom stereocenters. The monoisotopic (exact) mass is 396 g/mol. The van der Waals surface area contributed by atoms with Crippen molar-refractivity contribution in [2.45, 2.75) is 69.0 Å². The predicted molar refractivity (Wildman–Crippen MR) is 99.9 cm³/mol. The van der Waals surface area contributed by atoms with Gasteiger partial charge in [0, 0.05) is 30.1 Å². The Balaban J connectivity index is 1.35. The third kappa shape index (κ3) is 4.05. The number of rotatable bonds is 8. The van der Waals surface area contributed by atoms with E-state index in [1.54, 1.807) is 10.4 Å². The van der Waals surface area contributed by atoms with Crippen LogP contribution in [0.15, 0.2) is 10.6 Å². The number of amides is 1. The maximum atomic E-state index is 12.7. The fourth-order valence-corrected chi connectivity index (χ4v) is 6.47. The van der Waals surface area contributed by atoms with E-state index in [4.69, 9.17) is 4.52 Å². The predicted octanol–water partition coefficient (Wildman–Crippen LogP) is 1.22. The van der Waals surface area contributed by atoms with Gasteiger partial charge < -0.3 is 15.2 Å². The van der Waals surface area contributed by atoms with Crippen LogP contribution in [0.4, 0.5) is 0 Å². The van der Waals surface area contributed by atoms with Gasteiger partial charge in [0.1, 0.15) is 5.76 Å². The van der Waals surface area contributed by atoms with Crippen LogP contribution in [0.25, 0.3) is 0 Å². The van der Waals surface area contributed by atoms with Crippen molar-refractivity contribution in [2.75, 3.05) is 19.3 Å². The molecule has 1 amide bonds. The summed E-state index contributed by atoms with van der Waals surface area (Å²) in [6, 6.07) is 1.71. The molecule has 1 saturated carbocycles. The highest BCUT2D eigenvalue weighted by atomic mass is 32.2. The van der Waals surface area contributed by atoms with E-state index in [0.29, 0.717) is 37.4 Å². The number of sulfonamides is 1. The molecule has 3 atom stereocenters. The van der Waals surface area contributed by atoms with E-state index in [1.165, 1.54) is 0 Å². The molecule has 1 aromatic heterocycles. The molecule has 1 aromatic rings. The Labute approximate surface area is 160 Å².